The number of fused-ring (bicyclic) bond motifs is 2. The quantitative estimate of drug-likeness (QED) is 0.276. The van der Waals surface area contributed by atoms with Crippen LogP contribution in [0.15, 0.2) is 61.2 Å². The minimum absolute atomic E-state index is 0.696. The van der Waals surface area contributed by atoms with Crippen molar-refractivity contribution in [3.63, 3.8) is 0 Å². The standard InChI is InChI=1S/C29H27N7S/c1-18-5-6-26(37-18)28-22-13-25(33-24(22)7-8-31-28)27-23-12-21(16-32-29(23)35-34-27)20-11-19(14-30-15-20)17-36-9-3-2-4-10-36/h5-8,11-16,33H,2-4,9-10,17H2,1H3,(H,32,34,35). The number of aromatic nitrogens is 6. The number of hydrogen-bond acceptors (Lipinski definition) is 6. The molecule has 1 aliphatic rings. The first-order valence-electron chi connectivity index (χ1n) is 12.8. The van der Waals surface area contributed by atoms with Gasteiger partial charge >= 0.3 is 0 Å². The number of nitrogens with zero attached hydrogens (tertiary/aromatic N) is 5. The van der Waals surface area contributed by atoms with Gasteiger partial charge in [-0.05, 0) is 74.8 Å². The monoisotopic (exact) mass is 505 g/mol. The Bertz CT molecular complexity index is 1720. The van der Waals surface area contributed by atoms with Gasteiger partial charge in [0.15, 0.2) is 5.65 Å². The summed E-state index contributed by atoms with van der Waals surface area (Å²) >= 11 is 1.76. The van der Waals surface area contributed by atoms with Crippen LogP contribution >= 0.6 is 11.3 Å². The Morgan fingerprint density at radius 1 is 0.919 bits per heavy atom. The molecule has 0 aromatic carbocycles. The van der Waals surface area contributed by atoms with E-state index < -0.39 is 0 Å². The molecule has 0 saturated carbocycles. The molecular weight excluding hydrogens is 478 g/mol. The predicted octanol–water partition coefficient (Wildman–Crippen LogP) is 6.59. The zero-order valence-electron chi connectivity index (χ0n) is 20.7. The van der Waals surface area contributed by atoms with Gasteiger partial charge < -0.3 is 4.98 Å². The second kappa shape index (κ2) is 9.21. The third-order valence-electron chi connectivity index (χ3n) is 7.18. The minimum atomic E-state index is 0.696. The van der Waals surface area contributed by atoms with Crippen molar-refractivity contribution in [2.75, 3.05) is 13.1 Å². The van der Waals surface area contributed by atoms with Crippen LogP contribution < -0.4 is 0 Å². The first-order chi connectivity index (χ1) is 18.2. The van der Waals surface area contributed by atoms with Crippen LogP contribution in [0.5, 0.6) is 0 Å². The highest BCUT2D eigenvalue weighted by Gasteiger charge is 2.16. The van der Waals surface area contributed by atoms with Crippen LogP contribution in [0.4, 0.5) is 0 Å². The summed E-state index contributed by atoms with van der Waals surface area (Å²) in [6.45, 7) is 5.41. The summed E-state index contributed by atoms with van der Waals surface area (Å²) in [4.78, 5) is 22.5. The van der Waals surface area contributed by atoms with Gasteiger partial charge in [0.1, 0.15) is 0 Å². The minimum Gasteiger partial charge on any atom is -0.353 e. The summed E-state index contributed by atoms with van der Waals surface area (Å²) in [6.07, 6.45) is 11.6. The van der Waals surface area contributed by atoms with E-state index in [9.17, 15) is 0 Å². The van der Waals surface area contributed by atoms with E-state index in [0.717, 1.165) is 51.0 Å². The van der Waals surface area contributed by atoms with E-state index in [0.29, 0.717) is 5.65 Å². The smallest absolute Gasteiger partial charge is 0.181 e. The highest BCUT2D eigenvalue weighted by Crippen LogP contribution is 2.36. The fraction of sp³-hybridized carbons (Fsp3) is 0.241. The summed E-state index contributed by atoms with van der Waals surface area (Å²) in [5, 5.41) is 9.78. The molecule has 37 heavy (non-hydrogen) atoms. The number of H-pyrrole nitrogens is 2. The van der Waals surface area contributed by atoms with Crippen LogP contribution in [0.2, 0.25) is 0 Å². The highest BCUT2D eigenvalue weighted by molar-refractivity contribution is 7.15. The Morgan fingerprint density at radius 3 is 2.68 bits per heavy atom. The normalized spacial score (nSPS) is 14.6. The molecule has 1 aliphatic heterocycles. The Morgan fingerprint density at radius 2 is 1.81 bits per heavy atom. The lowest BCUT2D eigenvalue weighted by Gasteiger charge is -2.26. The van der Waals surface area contributed by atoms with Crippen LogP contribution in [-0.4, -0.2) is 48.1 Å². The van der Waals surface area contributed by atoms with E-state index in [1.807, 2.05) is 30.9 Å². The lowest BCUT2D eigenvalue weighted by Crippen LogP contribution is -2.29. The van der Waals surface area contributed by atoms with Gasteiger partial charge in [-0.1, -0.05) is 6.42 Å². The fourth-order valence-corrected chi connectivity index (χ4v) is 6.20. The van der Waals surface area contributed by atoms with Crippen molar-refractivity contribution in [1.82, 2.24) is 35.0 Å². The van der Waals surface area contributed by atoms with E-state index in [1.54, 1.807) is 11.3 Å². The lowest BCUT2D eigenvalue weighted by molar-refractivity contribution is 0.220. The number of piperidine rings is 1. The van der Waals surface area contributed by atoms with Gasteiger partial charge in [-0.25, -0.2) is 4.98 Å². The number of hydrogen-bond donors (Lipinski definition) is 2. The average molecular weight is 506 g/mol. The molecule has 184 valence electrons. The van der Waals surface area contributed by atoms with Crippen LogP contribution in [-0.2, 0) is 6.54 Å². The first kappa shape index (κ1) is 22.3. The fourth-order valence-electron chi connectivity index (χ4n) is 5.32. The number of aromatic amines is 2. The van der Waals surface area contributed by atoms with Crippen molar-refractivity contribution in [3.8, 4) is 33.1 Å². The van der Waals surface area contributed by atoms with Gasteiger partial charge in [0.25, 0.3) is 0 Å². The van der Waals surface area contributed by atoms with Crippen molar-refractivity contribution >= 4 is 33.3 Å². The molecule has 0 atom stereocenters. The Hall–Kier alpha value is -3.88. The molecule has 7 heterocycles. The first-order valence-corrected chi connectivity index (χ1v) is 13.6. The molecule has 1 saturated heterocycles. The predicted molar refractivity (Wildman–Crippen MR) is 149 cm³/mol. The average Bonchev–Trinajstić information content (AvgIpc) is 3.66. The maximum absolute atomic E-state index is 4.69. The molecule has 0 amide bonds. The van der Waals surface area contributed by atoms with Crippen molar-refractivity contribution in [1.29, 1.82) is 0 Å². The third-order valence-corrected chi connectivity index (χ3v) is 8.19. The van der Waals surface area contributed by atoms with Crippen LogP contribution in [0, 0.1) is 6.92 Å². The van der Waals surface area contributed by atoms with Gasteiger partial charge in [0.05, 0.1) is 22.0 Å². The largest absolute Gasteiger partial charge is 0.353 e. The molecule has 8 heteroatoms. The molecule has 1 fully saturated rings. The van der Waals surface area contributed by atoms with Crippen molar-refractivity contribution in [2.45, 2.75) is 32.7 Å². The maximum atomic E-state index is 4.69. The highest BCUT2D eigenvalue weighted by atomic mass is 32.1. The Kier molecular flexibility index (Phi) is 5.56. The molecule has 2 N–H and O–H groups in total. The third kappa shape index (κ3) is 4.22. The van der Waals surface area contributed by atoms with E-state index in [2.05, 4.69) is 67.3 Å². The second-order valence-electron chi connectivity index (χ2n) is 9.83. The van der Waals surface area contributed by atoms with Crippen LogP contribution in [0.25, 0.3) is 55.0 Å². The van der Waals surface area contributed by atoms with E-state index in [4.69, 9.17) is 4.98 Å². The number of aryl methyl sites for hydroxylation is 1. The summed E-state index contributed by atoms with van der Waals surface area (Å²) in [6, 6.07) is 12.9. The van der Waals surface area contributed by atoms with Crippen LogP contribution in [0.1, 0.15) is 29.7 Å². The zero-order chi connectivity index (χ0) is 24.8. The second-order valence-corrected chi connectivity index (χ2v) is 11.1. The van der Waals surface area contributed by atoms with E-state index in [1.165, 1.54) is 47.7 Å². The zero-order valence-corrected chi connectivity index (χ0v) is 21.5. The summed E-state index contributed by atoms with van der Waals surface area (Å²) < 4.78 is 0. The molecule has 6 aromatic rings. The van der Waals surface area contributed by atoms with Gasteiger partial charge in [-0.2, -0.15) is 5.10 Å². The molecule has 7 nitrogen and oxygen atoms in total. The number of nitrogens with one attached hydrogen (secondary N) is 2. The summed E-state index contributed by atoms with van der Waals surface area (Å²) in [7, 11) is 0. The van der Waals surface area contributed by atoms with Crippen molar-refractivity contribution in [3.05, 3.63) is 71.6 Å². The Labute approximate surface area is 218 Å². The van der Waals surface area contributed by atoms with Gasteiger partial charge in [0, 0.05) is 63.6 Å². The van der Waals surface area contributed by atoms with Gasteiger partial charge in [-0.3, -0.25) is 20.0 Å². The molecule has 0 aliphatic carbocycles. The molecule has 0 unspecified atom stereocenters. The molecule has 0 radical (unpaired) electrons. The van der Waals surface area contributed by atoms with E-state index in [-0.39, 0.29) is 0 Å². The number of thiophene rings is 1. The molecular formula is C29H27N7S. The summed E-state index contributed by atoms with van der Waals surface area (Å²) in [5.41, 5.74) is 7.99. The lowest BCUT2D eigenvalue weighted by atomic mass is 10.0. The number of likely N-dealkylation sites (tertiary alicyclic amines) is 1. The van der Waals surface area contributed by atoms with E-state index >= 15 is 0 Å². The van der Waals surface area contributed by atoms with Crippen LogP contribution in [0.3, 0.4) is 0 Å². The van der Waals surface area contributed by atoms with Crippen molar-refractivity contribution in [2.24, 2.45) is 0 Å². The number of rotatable bonds is 5. The van der Waals surface area contributed by atoms with Gasteiger partial charge in [0.2, 0.25) is 0 Å². The maximum Gasteiger partial charge on any atom is 0.181 e. The molecule has 7 rings (SSSR count). The molecule has 6 aromatic heterocycles. The van der Waals surface area contributed by atoms with Gasteiger partial charge in [-0.15, -0.1) is 11.3 Å². The topological polar surface area (TPSA) is 86.4 Å². The molecule has 0 bridgehead atoms. The summed E-state index contributed by atoms with van der Waals surface area (Å²) in [5.74, 6) is 0. The number of pyridine rings is 3. The Balaban J connectivity index is 1.26. The van der Waals surface area contributed by atoms with Crippen molar-refractivity contribution < 1.29 is 0 Å². The SMILES string of the molecule is Cc1ccc(-c2nccc3[nH]c(-c4[nH]nc5ncc(-c6cncc(CN7CCCCC7)c6)cc45)cc23)s1. The molecule has 0 spiro atoms.